The van der Waals surface area contributed by atoms with E-state index in [4.69, 9.17) is 0 Å². The van der Waals surface area contributed by atoms with Crippen molar-refractivity contribution in [2.45, 2.75) is 53.3 Å². The molecule has 1 aromatic heterocycles. The fourth-order valence-electron chi connectivity index (χ4n) is 1.83. The van der Waals surface area contributed by atoms with E-state index in [1.807, 2.05) is 6.92 Å². The van der Waals surface area contributed by atoms with Gasteiger partial charge in [-0.3, -0.25) is 4.68 Å². The van der Waals surface area contributed by atoms with E-state index >= 15 is 0 Å². The highest BCUT2D eigenvalue weighted by Gasteiger charge is 2.10. The van der Waals surface area contributed by atoms with Gasteiger partial charge in [-0.2, -0.15) is 5.10 Å². The summed E-state index contributed by atoms with van der Waals surface area (Å²) in [7, 11) is 0. The number of hydrogen-bond donors (Lipinski definition) is 2. The third-order valence-corrected chi connectivity index (χ3v) is 2.71. The average molecular weight is 225 g/mol. The van der Waals surface area contributed by atoms with Crippen LogP contribution >= 0.6 is 0 Å². The topological polar surface area (TPSA) is 50.1 Å². The molecule has 1 rings (SSSR count). The Balaban J connectivity index is 2.64. The van der Waals surface area contributed by atoms with Crippen LogP contribution in [0.3, 0.4) is 0 Å². The van der Waals surface area contributed by atoms with Gasteiger partial charge in [0.2, 0.25) is 0 Å². The fraction of sp³-hybridized carbons (Fsp3) is 0.750. The molecule has 0 bridgehead atoms. The molecule has 0 fully saturated rings. The molecule has 92 valence electrons. The predicted octanol–water partition coefficient (Wildman–Crippen LogP) is 1.38. The summed E-state index contributed by atoms with van der Waals surface area (Å²) in [5, 5.41) is 16.9. The lowest BCUT2D eigenvalue weighted by molar-refractivity contribution is 0.191. The van der Waals surface area contributed by atoms with Gasteiger partial charge >= 0.3 is 0 Å². The highest BCUT2D eigenvalue weighted by molar-refractivity contribution is 5.24. The smallest absolute Gasteiger partial charge is 0.0641 e. The quantitative estimate of drug-likeness (QED) is 0.769. The molecule has 0 saturated heterocycles. The second kappa shape index (κ2) is 6.01. The standard InChI is InChI=1S/C12H23N3O/c1-5-6-15-11(4)12(10(3)14-15)8-13-7-9(2)16/h9,13,16H,5-8H2,1-4H3. The Hall–Kier alpha value is -0.870. The van der Waals surface area contributed by atoms with Crippen LogP contribution in [-0.4, -0.2) is 27.5 Å². The van der Waals surface area contributed by atoms with Crippen LogP contribution < -0.4 is 5.32 Å². The molecule has 4 nitrogen and oxygen atoms in total. The number of nitrogens with zero attached hydrogens (tertiary/aromatic N) is 2. The van der Waals surface area contributed by atoms with Gasteiger partial charge in [0.1, 0.15) is 0 Å². The maximum atomic E-state index is 9.18. The largest absolute Gasteiger partial charge is 0.392 e. The molecule has 1 heterocycles. The van der Waals surface area contributed by atoms with Crippen molar-refractivity contribution in [1.29, 1.82) is 0 Å². The molecular weight excluding hydrogens is 202 g/mol. The van der Waals surface area contributed by atoms with Gasteiger partial charge in [-0.05, 0) is 27.2 Å². The Morgan fingerprint density at radius 1 is 1.44 bits per heavy atom. The lowest BCUT2D eigenvalue weighted by Gasteiger charge is -2.07. The highest BCUT2D eigenvalue weighted by Crippen LogP contribution is 2.13. The molecule has 0 aliphatic carbocycles. The third-order valence-electron chi connectivity index (χ3n) is 2.71. The number of hydrogen-bond acceptors (Lipinski definition) is 3. The molecule has 1 atom stereocenters. The fourth-order valence-corrected chi connectivity index (χ4v) is 1.83. The van der Waals surface area contributed by atoms with Crippen molar-refractivity contribution in [3.05, 3.63) is 17.0 Å². The zero-order valence-corrected chi connectivity index (χ0v) is 10.7. The van der Waals surface area contributed by atoms with Crippen molar-refractivity contribution in [1.82, 2.24) is 15.1 Å². The molecule has 1 aromatic rings. The minimum atomic E-state index is -0.300. The van der Waals surface area contributed by atoms with Gasteiger partial charge < -0.3 is 10.4 Å². The van der Waals surface area contributed by atoms with Crippen LogP contribution in [0.2, 0.25) is 0 Å². The molecule has 16 heavy (non-hydrogen) atoms. The summed E-state index contributed by atoms with van der Waals surface area (Å²) in [6, 6.07) is 0. The number of aryl methyl sites for hydroxylation is 2. The summed E-state index contributed by atoms with van der Waals surface area (Å²) >= 11 is 0. The average Bonchev–Trinajstić information content (AvgIpc) is 2.45. The SMILES string of the molecule is CCCn1nc(C)c(CNCC(C)O)c1C. The number of aromatic nitrogens is 2. The van der Waals surface area contributed by atoms with Crippen LogP contribution in [0.5, 0.6) is 0 Å². The van der Waals surface area contributed by atoms with Gasteiger partial charge in [-0.1, -0.05) is 6.92 Å². The van der Waals surface area contributed by atoms with Gasteiger partial charge in [0.05, 0.1) is 11.8 Å². The third kappa shape index (κ3) is 3.32. The molecule has 4 heteroatoms. The minimum Gasteiger partial charge on any atom is -0.392 e. The summed E-state index contributed by atoms with van der Waals surface area (Å²) in [5.74, 6) is 0. The van der Waals surface area contributed by atoms with E-state index < -0.39 is 0 Å². The Bertz CT molecular complexity index is 331. The summed E-state index contributed by atoms with van der Waals surface area (Å²) in [5.41, 5.74) is 3.58. The normalized spacial score (nSPS) is 13.1. The van der Waals surface area contributed by atoms with Crippen molar-refractivity contribution in [2.24, 2.45) is 0 Å². The van der Waals surface area contributed by atoms with Gasteiger partial charge in [-0.15, -0.1) is 0 Å². The number of rotatable bonds is 6. The van der Waals surface area contributed by atoms with Gasteiger partial charge in [0.25, 0.3) is 0 Å². The first-order valence-corrected chi connectivity index (χ1v) is 5.98. The maximum Gasteiger partial charge on any atom is 0.0641 e. The monoisotopic (exact) mass is 225 g/mol. The molecule has 2 N–H and O–H groups in total. The van der Waals surface area contributed by atoms with E-state index in [1.54, 1.807) is 6.92 Å². The molecular formula is C12H23N3O. The first-order chi connectivity index (χ1) is 7.56. The zero-order valence-electron chi connectivity index (χ0n) is 10.7. The van der Waals surface area contributed by atoms with Gasteiger partial charge in [0.15, 0.2) is 0 Å². The van der Waals surface area contributed by atoms with E-state index in [-0.39, 0.29) is 6.10 Å². The summed E-state index contributed by atoms with van der Waals surface area (Å²) in [6.45, 7) is 10.5. The van der Waals surface area contributed by atoms with E-state index in [2.05, 4.69) is 28.9 Å². The van der Waals surface area contributed by atoms with Crippen LogP contribution in [0.15, 0.2) is 0 Å². The zero-order chi connectivity index (χ0) is 12.1. The maximum absolute atomic E-state index is 9.18. The lowest BCUT2D eigenvalue weighted by Crippen LogP contribution is -2.24. The highest BCUT2D eigenvalue weighted by atomic mass is 16.3. The number of aliphatic hydroxyl groups is 1. The molecule has 0 aliphatic rings. The minimum absolute atomic E-state index is 0.300. The summed E-state index contributed by atoms with van der Waals surface area (Å²) < 4.78 is 2.06. The molecule has 1 unspecified atom stereocenters. The molecule has 0 aliphatic heterocycles. The Morgan fingerprint density at radius 3 is 2.69 bits per heavy atom. The molecule has 0 amide bonds. The first kappa shape index (κ1) is 13.2. The number of aliphatic hydroxyl groups excluding tert-OH is 1. The summed E-state index contributed by atoms with van der Waals surface area (Å²) in [4.78, 5) is 0. The van der Waals surface area contributed by atoms with E-state index in [0.29, 0.717) is 6.54 Å². The van der Waals surface area contributed by atoms with Crippen LogP contribution in [0.4, 0.5) is 0 Å². The predicted molar refractivity (Wildman–Crippen MR) is 65.4 cm³/mol. The molecule has 0 spiro atoms. The van der Waals surface area contributed by atoms with Crippen molar-refractivity contribution >= 4 is 0 Å². The van der Waals surface area contributed by atoms with Crippen LogP contribution in [0, 0.1) is 13.8 Å². The van der Waals surface area contributed by atoms with E-state index in [9.17, 15) is 5.11 Å². The van der Waals surface area contributed by atoms with Gasteiger partial charge in [-0.25, -0.2) is 0 Å². The molecule has 0 saturated carbocycles. The Morgan fingerprint density at radius 2 is 2.12 bits per heavy atom. The first-order valence-electron chi connectivity index (χ1n) is 5.98. The summed E-state index contributed by atoms with van der Waals surface area (Å²) in [6.07, 6.45) is 0.800. The van der Waals surface area contributed by atoms with E-state index in [1.165, 1.54) is 11.3 Å². The van der Waals surface area contributed by atoms with Crippen LogP contribution in [0.25, 0.3) is 0 Å². The molecule has 0 radical (unpaired) electrons. The van der Waals surface area contributed by atoms with Crippen LogP contribution in [0.1, 0.15) is 37.2 Å². The van der Waals surface area contributed by atoms with Crippen LogP contribution in [-0.2, 0) is 13.1 Å². The van der Waals surface area contributed by atoms with Crippen molar-refractivity contribution in [2.75, 3.05) is 6.54 Å². The number of nitrogens with one attached hydrogen (secondary N) is 1. The Kier molecular flexibility index (Phi) is 4.96. The van der Waals surface area contributed by atoms with E-state index in [0.717, 1.165) is 25.2 Å². The van der Waals surface area contributed by atoms with Crippen molar-refractivity contribution < 1.29 is 5.11 Å². The molecule has 0 aromatic carbocycles. The van der Waals surface area contributed by atoms with Crippen molar-refractivity contribution in [3.8, 4) is 0 Å². The lowest BCUT2D eigenvalue weighted by atomic mass is 10.2. The van der Waals surface area contributed by atoms with Gasteiger partial charge in [0, 0.05) is 30.9 Å². The second-order valence-corrected chi connectivity index (χ2v) is 4.35. The Labute approximate surface area is 97.7 Å². The second-order valence-electron chi connectivity index (χ2n) is 4.35. The van der Waals surface area contributed by atoms with Crippen molar-refractivity contribution in [3.63, 3.8) is 0 Å².